The SMILES string of the molecule is COc1ccc(NC(=O)C[n+]2cc(-c3ccccc3)n3c2CCC3)cc1. The van der Waals surface area contributed by atoms with Crippen LogP contribution in [0, 0.1) is 0 Å². The highest BCUT2D eigenvalue weighted by Crippen LogP contribution is 2.24. The molecular weight excluding hydrogens is 326 g/mol. The lowest BCUT2D eigenvalue weighted by Crippen LogP contribution is -2.42. The number of benzene rings is 2. The fourth-order valence-electron chi connectivity index (χ4n) is 3.52. The number of rotatable bonds is 5. The van der Waals surface area contributed by atoms with E-state index in [1.807, 2.05) is 42.5 Å². The number of nitrogens with zero attached hydrogens (tertiary/aromatic N) is 2. The van der Waals surface area contributed by atoms with Gasteiger partial charge in [0.2, 0.25) is 0 Å². The summed E-state index contributed by atoms with van der Waals surface area (Å²) >= 11 is 0. The van der Waals surface area contributed by atoms with Crippen LogP contribution in [-0.2, 0) is 24.3 Å². The molecule has 5 heteroatoms. The summed E-state index contributed by atoms with van der Waals surface area (Å²) in [5.41, 5.74) is 3.14. The van der Waals surface area contributed by atoms with Crippen LogP contribution in [0.3, 0.4) is 0 Å². The highest BCUT2D eigenvalue weighted by atomic mass is 16.5. The molecule has 0 spiro atoms. The number of fused-ring (bicyclic) bond motifs is 1. The Balaban J connectivity index is 1.54. The van der Waals surface area contributed by atoms with Crippen LogP contribution in [0.1, 0.15) is 12.2 Å². The average Bonchev–Trinajstić information content (AvgIpc) is 3.27. The molecule has 1 aliphatic rings. The number of amides is 1. The minimum atomic E-state index is -0.0277. The van der Waals surface area contributed by atoms with E-state index in [9.17, 15) is 4.79 Å². The Kier molecular flexibility index (Phi) is 4.44. The molecule has 0 fully saturated rings. The summed E-state index contributed by atoms with van der Waals surface area (Å²) in [6, 6.07) is 17.7. The molecule has 0 radical (unpaired) electrons. The molecule has 0 atom stereocenters. The first kappa shape index (κ1) is 16.4. The first-order valence-electron chi connectivity index (χ1n) is 8.86. The Hall–Kier alpha value is -3.08. The Morgan fingerprint density at radius 3 is 2.65 bits per heavy atom. The van der Waals surface area contributed by atoms with Crippen molar-refractivity contribution in [3.8, 4) is 17.0 Å². The molecule has 1 amide bonds. The van der Waals surface area contributed by atoms with Gasteiger partial charge in [-0.2, -0.15) is 0 Å². The van der Waals surface area contributed by atoms with Crippen molar-refractivity contribution < 1.29 is 14.1 Å². The van der Waals surface area contributed by atoms with Crippen LogP contribution in [-0.4, -0.2) is 17.6 Å². The van der Waals surface area contributed by atoms with Crippen molar-refractivity contribution in [2.24, 2.45) is 0 Å². The summed E-state index contributed by atoms with van der Waals surface area (Å²) in [7, 11) is 1.63. The van der Waals surface area contributed by atoms with Crippen LogP contribution in [0.4, 0.5) is 5.69 Å². The van der Waals surface area contributed by atoms with Crippen LogP contribution < -0.4 is 14.6 Å². The van der Waals surface area contributed by atoms with E-state index in [4.69, 9.17) is 4.74 Å². The third kappa shape index (κ3) is 3.20. The summed E-state index contributed by atoms with van der Waals surface area (Å²) in [6.07, 6.45) is 4.22. The van der Waals surface area contributed by atoms with Crippen molar-refractivity contribution >= 4 is 11.6 Å². The van der Waals surface area contributed by atoms with Crippen molar-refractivity contribution in [1.29, 1.82) is 0 Å². The fourth-order valence-corrected chi connectivity index (χ4v) is 3.52. The zero-order chi connectivity index (χ0) is 17.9. The number of aromatic nitrogens is 2. The van der Waals surface area contributed by atoms with Crippen LogP contribution in [0.5, 0.6) is 5.75 Å². The zero-order valence-electron chi connectivity index (χ0n) is 14.8. The van der Waals surface area contributed by atoms with Gasteiger partial charge in [0.1, 0.15) is 11.9 Å². The van der Waals surface area contributed by atoms with Crippen LogP contribution in [0.25, 0.3) is 11.3 Å². The lowest BCUT2D eigenvalue weighted by atomic mass is 10.2. The highest BCUT2D eigenvalue weighted by Gasteiger charge is 2.29. The van der Waals surface area contributed by atoms with Gasteiger partial charge in [-0.25, -0.2) is 9.13 Å². The van der Waals surface area contributed by atoms with Gasteiger partial charge in [-0.15, -0.1) is 0 Å². The molecule has 0 saturated heterocycles. The molecule has 3 aromatic rings. The molecule has 26 heavy (non-hydrogen) atoms. The Labute approximate surface area is 152 Å². The maximum atomic E-state index is 12.5. The standard InChI is InChI=1S/C21H21N3O2/c1-26-18-11-9-17(10-12-18)22-20(25)15-23-14-19(16-6-3-2-4-7-16)24-13-5-8-21(23)24/h2-4,6-7,9-12,14H,5,8,13,15H2,1H3/p+1. The summed E-state index contributed by atoms with van der Waals surface area (Å²) in [6.45, 7) is 1.32. The molecule has 1 N–H and O–H groups in total. The maximum Gasteiger partial charge on any atom is 0.266 e. The van der Waals surface area contributed by atoms with Gasteiger partial charge < -0.3 is 10.1 Å². The van der Waals surface area contributed by atoms with Gasteiger partial charge in [-0.3, -0.25) is 4.79 Å². The van der Waals surface area contributed by atoms with Crippen molar-refractivity contribution in [3.63, 3.8) is 0 Å². The third-order valence-electron chi connectivity index (χ3n) is 4.75. The molecule has 5 nitrogen and oxygen atoms in total. The second kappa shape index (κ2) is 7.04. The minimum Gasteiger partial charge on any atom is -0.497 e. The van der Waals surface area contributed by atoms with Crippen molar-refractivity contribution in [1.82, 2.24) is 4.57 Å². The summed E-state index contributed by atoms with van der Waals surface area (Å²) in [5.74, 6) is 1.96. The first-order chi connectivity index (χ1) is 12.7. The number of imidazole rings is 1. The number of hydrogen-bond donors (Lipinski definition) is 1. The van der Waals surface area contributed by atoms with Gasteiger partial charge in [0, 0.05) is 11.3 Å². The van der Waals surface area contributed by atoms with Crippen LogP contribution >= 0.6 is 0 Å². The average molecular weight is 348 g/mol. The Morgan fingerprint density at radius 1 is 1.15 bits per heavy atom. The van der Waals surface area contributed by atoms with Crippen LogP contribution in [0.2, 0.25) is 0 Å². The number of carbonyl (C=O) groups is 1. The number of nitrogens with one attached hydrogen (secondary N) is 1. The van der Waals surface area contributed by atoms with E-state index in [0.29, 0.717) is 6.54 Å². The second-order valence-electron chi connectivity index (χ2n) is 6.46. The molecule has 132 valence electrons. The van der Waals surface area contributed by atoms with Gasteiger partial charge in [0.05, 0.1) is 20.1 Å². The Morgan fingerprint density at radius 2 is 1.92 bits per heavy atom. The number of carbonyl (C=O) groups excluding carboxylic acids is 1. The second-order valence-corrected chi connectivity index (χ2v) is 6.46. The maximum absolute atomic E-state index is 12.5. The van der Waals surface area contributed by atoms with Gasteiger partial charge in [-0.05, 0) is 30.7 Å². The first-order valence-corrected chi connectivity index (χ1v) is 8.86. The summed E-state index contributed by atoms with van der Waals surface area (Å²) in [5, 5.41) is 2.96. The molecule has 0 unspecified atom stereocenters. The predicted octanol–water partition coefficient (Wildman–Crippen LogP) is 3.04. The van der Waals surface area contributed by atoms with E-state index in [-0.39, 0.29) is 5.91 Å². The summed E-state index contributed by atoms with van der Waals surface area (Å²) < 4.78 is 9.55. The topological polar surface area (TPSA) is 47.1 Å². The predicted molar refractivity (Wildman–Crippen MR) is 100 cm³/mol. The molecule has 2 heterocycles. The Bertz CT molecular complexity index is 914. The van der Waals surface area contributed by atoms with E-state index < -0.39 is 0 Å². The lowest BCUT2D eigenvalue weighted by Gasteiger charge is -2.05. The molecule has 1 aromatic heterocycles. The monoisotopic (exact) mass is 348 g/mol. The lowest BCUT2D eigenvalue weighted by molar-refractivity contribution is -0.690. The smallest absolute Gasteiger partial charge is 0.266 e. The third-order valence-corrected chi connectivity index (χ3v) is 4.75. The molecule has 0 aliphatic carbocycles. The van der Waals surface area contributed by atoms with Gasteiger partial charge >= 0.3 is 0 Å². The van der Waals surface area contributed by atoms with Crippen molar-refractivity contribution in [2.45, 2.75) is 25.9 Å². The molecule has 0 saturated carbocycles. The summed E-state index contributed by atoms with van der Waals surface area (Å²) in [4.78, 5) is 12.5. The quantitative estimate of drug-likeness (QED) is 0.721. The molecule has 1 aliphatic heterocycles. The highest BCUT2D eigenvalue weighted by molar-refractivity contribution is 5.89. The van der Waals surface area contributed by atoms with E-state index in [2.05, 4.69) is 32.8 Å². The van der Waals surface area contributed by atoms with Gasteiger partial charge in [0.15, 0.2) is 12.2 Å². The van der Waals surface area contributed by atoms with Gasteiger partial charge in [0.25, 0.3) is 11.7 Å². The normalized spacial score (nSPS) is 12.7. The number of methoxy groups -OCH3 is 1. The van der Waals surface area contributed by atoms with Crippen molar-refractivity contribution in [2.75, 3.05) is 12.4 Å². The number of hydrogen-bond acceptors (Lipinski definition) is 2. The molecular formula is C21H22N3O2+. The van der Waals surface area contributed by atoms with E-state index in [0.717, 1.165) is 30.8 Å². The van der Waals surface area contributed by atoms with E-state index >= 15 is 0 Å². The fraction of sp³-hybridized carbons (Fsp3) is 0.238. The zero-order valence-corrected chi connectivity index (χ0v) is 14.8. The molecule has 2 aromatic carbocycles. The molecule has 4 rings (SSSR count). The number of anilines is 1. The number of ether oxygens (including phenoxy) is 1. The van der Waals surface area contributed by atoms with Crippen molar-refractivity contribution in [3.05, 3.63) is 66.6 Å². The van der Waals surface area contributed by atoms with E-state index in [1.165, 1.54) is 17.1 Å². The largest absolute Gasteiger partial charge is 0.497 e. The van der Waals surface area contributed by atoms with Crippen LogP contribution in [0.15, 0.2) is 60.8 Å². The van der Waals surface area contributed by atoms with Gasteiger partial charge in [-0.1, -0.05) is 30.3 Å². The minimum absolute atomic E-state index is 0.0277. The van der Waals surface area contributed by atoms with E-state index in [1.54, 1.807) is 7.11 Å². The molecule has 0 bridgehead atoms.